The second kappa shape index (κ2) is 14.0. The summed E-state index contributed by atoms with van der Waals surface area (Å²) in [6.07, 6.45) is 7.60. The maximum atomic E-state index is 5.42. The van der Waals surface area contributed by atoms with E-state index >= 15 is 0 Å². The average Bonchev–Trinajstić information content (AvgIpc) is 3.27. The molecule has 0 saturated carbocycles. The van der Waals surface area contributed by atoms with Gasteiger partial charge in [0.05, 0.1) is 14.2 Å². The van der Waals surface area contributed by atoms with E-state index in [1.54, 1.807) is 14.2 Å². The molecular formula is C24H42IN5O2. The predicted octanol–water partition coefficient (Wildman–Crippen LogP) is 3.72. The van der Waals surface area contributed by atoms with E-state index in [9.17, 15) is 0 Å². The summed E-state index contributed by atoms with van der Waals surface area (Å²) in [5.74, 6) is 2.55. The van der Waals surface area contributed by atoms with Crippen LogP contribution in [0.25, 0.3) is 0 Å². The first kappa shape index (κ1) is 26.8. The first-order valence-electron chi connectivity index (χ1n) is 11.8. The monoisotopic (exact) mass is 559 g/mol. The number of hydrogen-bond acceptors (Lipinski definition) is 5. The smallest absolute Gasteiger partial charge is 0.191 e. The van der Waals surface area contributed by atoms with Crippen LogP contribution in [0.3, 0.4) is 0 Å². The molecule has 0 spiro atoms. The first-order chi connectivity index (χ1) is 15.1. The molecule has 0 aromatic heterocycles. The number of ether oxygens (including phenoxy) is 2. The molecular weight excluding hydrogens is 517 g/mol. The van der Waals surface area contributed by atoms with Crippen molar-refractivity contribution in [2.24, 2.45) is 4.99 Å². The van der Waals surface area contributed by atoms with Gasteiger partial charge in [0.25, 0.3) is 0 Å². The summed E-state index contributed by atoms with van der Waals surface area (Å²) in [6.45, 7) is 7.76. The normalized spacial score (nSPS) is 21.8. The Hall–Kier alpha value is -1.42. The molecule has 2 fully saturated rings. The van der Waals surface area contributed by atoms with Gasteiger partial charge in [0.15, 0.2) is 5.96 Å². The van der Waals surface area contributed by atoms with Gasteiger partial charge in [-0.2, -0.15) is 0 Å². The van der Waals surface area contributed by atoms with Crippen LogP contribution < -0.4 is 25.0 Å². The number of nitrogens with one attached hydrogen (secondary N) is 2. The molecule has 2 aliphatic rings. The van der Waals surface area contributed by atoms with Crippen LogP contribution in [0.1, 0.15) is 45.4 Å². The molecule has 3 rings (SSSR count). The Kier molecular flexibility index (Phi) is 11.7. The van der Waals surface area contributed by atoms with Crippen LogP contribution in [0, 0.1) is 0 Å². The third kappa shape index (κ3) is 7.86. The summed E-state index contributed by atoms with van der Waals surface area (Å²) >= 11 is 0. The number of nitrogens with zero attached hydrogens (tertiary/aromatic N) is 3. The number of methoxy groups -OCH3 is 2. The Bertz CT molecular complexity index is 695. The molecule has 2 unspecified atom stereocenters. The van der Waals surface area contributed by atoms with E-state index in [-0.39, 0.29) is 24.0 Å². The molecule has 32 heavy (non-hydrogen) atoms. The number of guanidine groups is 1. The Balaban J connectivity index is 0.00000363. The summed E-state index contributed by atoms with van der Waals surface area (Å²) in [5, 5.41) is 7.09. The largest absolute Gasteiger partial charge is 0.497 e. The molecule has 2 heterocycles. The molecule has 0 bridgehead atoms. The van der Waals surface area contributed by atoms with Crippen molar-refractivity contribution in [3.05, 3.63) is 18.2 Å². The van der Waals surface area contributed by atoms with Crippen molar-refractivity contribution in [3.63, 3.8) is 0 Å². The van der Waals surface area contributed by atoms with Crippen LogP contribution >= 0.6 is 24.0 Å². The molecule has 1 aromatic carbocycles. The van der Waals surface area contributed by atoms with Crippen molar-refractivity contribution >= 4 is 35.6 Å². The van der Waals surface area contributed by atoms with Crippen LogP contribution in [0.5, 0.6) is 11.5 Å². The van der Waals surface area contributed by atoms with Gasteiger partial charge in [-0.05, 0) is 52.1 Å². The Morgan fingerprint density at radius 2 is 1.81 bits per heavy atom. The second-order valence-electron chi connectivity index (χ2n) is 8.73. The fourth-order valence-electron chi connectivity index (χ4n) is 4.61. The van der Waals surface area contributed by atoms with Gasteiger partial charge in [0, 0.05) is 62.7 Å². The second-order valence-corrected chi connectivity index (χ2v) is 8.73. The van der Waals surface area contributed by atoms with Crippen LogP contribution in [0.2, 0.25) is 0 Å². The minimum Gasteiger partial charge on any atom is -0.497 e. The number of halogens is 1. The molecule has 2 aliphatic heterocycles. The summed E-state index contributed by atoms with van der Waals surface area (Å²) in [7, 11) is 5.23. The SMILES string of the molecule is CN=C(NCCCCN1CCCCC1C)NC1CCN(c2cc(OC)cc(OC)c2)C1.I. The predicted molar refractivity (Wildman–Crippen MR) is 144 cm³/mol. The number of aliphatic imine (C=N–C) groups is 1. The van der Waals surface area contributed by atoms with Crippen molar-refractivity contribution in [3.8, 4) is 11.5 Å². The van der Waals surface area contributed by atoms with Gasteiger partial charge in [-0.1, -0.05) is 6.42 Å². The highest BCUT2D eigenvalue weighted by atomic mass is 127. The zero-order valence-electron chi connectivity index (χ0n) is 20.2. The van der Waals surface area contributed by atoms with E-state index in [1.807, 2.05) is 13.1 Å². The maximum Gasteiger partial charge on any atom is 0.191 e. The lowest BCUT2D eigenvalue weighted by Gasteiger charge is -2.33. The van der Waals surface area contributed by atoms with Crippen molar-refractivity contribution in [1.82, 2.24) is 15.5 Å². The zero-order valence-corrected chi connectivity index (χ0v) is 22.6. The lowest BCUT2D eigenvalue weighted by Crippen LogP contribution is -2.45. The molecule has 0 radical (unpaired) electrons. The molecule has 2 N–H and O–H groups in total. The molecule has 2 saturated heterocycles. The first-order valence-corrected chi connectivity index (χ1v) is 11.8. The van der Waals surface area contributed by atoms with E-state index in [0.717, 1.165) is 55.2 Å². The summed E-state index contributed by atoms with van der Waals surface area (Å²) in [5.41, 5.74) is 1.13. The zero-order chi connectivity index (χ0) is 22.1. The molecule has 7 nitrogen and oxygen atoms in total. The van der Waals surface area contributed by atoms with E-state index in [1.165, 1.54) is 45.2 Å². The number of likely N-dealkylation sites (tertiary alicyclic amines) is 1. The van der Waals surface area contributed by atoms with Crippen LogP contribution in [-0.4, -0.2) is 76.9 Å². The van der Waals surface area contributed by atoms with Gasteiger partial charge in [-0.25, -0.2) is 0 Å². The fraction of sp³-hybridized carbons (Fsp3) is 0.708. The topological polar surface area (TPSA) is 61.4 Å². The van der Waals surface area contributed by atoms with Crippen LogP contribution in [0.4, 0.5) is 5.69 Å². The minimum atomic E-state index is 0. The van der Waals surface area contributed by atoms with Crippen LogP contribution in [-0.2, 0) is 0 Å². The van der Waals surface area contributed by atoms with Crippen molar-refractivity contribution in [2.45, 2.75) is 57.5 Å². The Morgan fingerprint density at radius 3 is 2.47 bits per heavy atom. The van der Waals surface area contributed by atoms with Gasteiger partial charge in [0.2, 0.25) is 0 Å². The molecule has 0 amide bonds. The van der Waals surface area contributed by atoms with Crippen molar-refractivity contribution in [2.75, 3.05) is 58.9 Å². The summed E-state index contributed by atoms with van der Waals surface area (Å²) in [6, 6.07) is 7.18. The van der Waals surface area contributed by atoms with Gasteiger partial charge in [0.1, 0.15) is 11.5 Å². The molecule has 2 atom stereocenters. The maximum absolute atomic E-state index is 5.42. The molecule has 0 aliphatic carbocycles. The highest BCUT2D eigenvalue weighted by molar-refractivity contribution is 14.0. The van der Waals surface area contributed by atoms with E-state index < -0.39 is 0 Å². The standard InChI is InChI=1S/C24H41N5O2.HI/c1-19-9-5-7-12-28(19)13-8-6-11-26-24(25-2)27-20-10-14-29(18-20)21-15-22(30-3)17-23(16-21)31-4;/h15-17,19-20H,5-14,18H2,1-4H3,(H2,25,26,27);1H. The third-order valence-electron chi connectivity index (χ3n) is 6.56. The number of unbranched alkanes of at least 4 members (excludes halogenated alkanes) is 1. The third-order valence-corrected chi connectivity index (χ3v) is 6.56. The van der Waals surface area contributed by atoms with Crippen molar-refractivity contribution < 1.29 is 9.47 Å². The Morgan fingerprint density at radius 1 is 1.06 bits per heavy atom. The van der Waals surface area contributed by atoms with Gasteiger partial charge < -0.3 is 29.9 Å². The van der Waals surface area contributed by atoms with E-state index in [0.29, 0.717) is 6.04 Å². The van der Waals surface area contributed by atoms with Crippen LogP contribution in [0.15, 0.2) is 23.2 Å². The van der Waals surface area contributed by atoms with E-state index in [4.69, 9.17) is 9.47 Å². The number of piperidine rings is 1. The molecule has 8 heteroatoms. The quantitative estimate of drug-likeness (QED) is 0.208. The lowest BCUT2D eigenvalue weighted by molar-refractivity contribution is 0.158. The Labute approximate surface area is 211 Å². The summed E-state index contributed by atoms with van der Waals surface area (Å²) < 4.78 is 10.8. The van der Waals surface area contributed by atoms with Gasteiger partial charge >= 0.3 is 0 Å². The molecule has 1 aromatic rings. The number of rotatable bonds is 9. The number of anilines is 1. The van der Waals surface area contributed by atoms with Gasteiger partial charge in [-0.3, -0.25) is 4.99 Å². The lowest BCUT2D eigenvalue weighted by atomic mass is 10.0. The minimum absolute atomic E-state index is 0. The average molecular weight is 560 g/mol. The van der Waals surface area contributed by atoms with E-state index in [2.05, 4.69) is 44.5 Å². The highest BCUT2D eigenvalue weighted by Gasteiger charge is 2.24. The fourth-order valence-corrected chi connectivity index (χ4v) is 4.61. The summed E-state index contributed by atoms with van der Waals surface area (Å²) in [4.78, 5) is 9.45. The number of benzene rings is 1. The van der Waals surface area contributed by atoms with Gasteiger partial charge in [-0.15, -0.1) is 24.0 Å². The number of hydrogen-bond donors (Lipinski definition) is 2. The highest BCUT2D eigenvalue weighted by Crippen LogP contribution is 2.30. The molecule has 182 valence electrons. The van der Waals surface area contributed by atoms with Crippen molar-refractivity contribution in [1.29, 1.82) is 0 Å².